The highest BCUT2D eigenvalue weighted by atomic mass is 16.4. The van der Waals surface area contributed by atoms with Gasteiger partial charge in [-0.3, -0.25) is 14.5 Å². The quantitative estimate of drug-likeness (QED) is 0.770. The zero-order valence-electron chi connectivity index (χ0n) is 9.00. The maximum atomic E-state index is 12.0. The molecule has 0 spiro atoms. The van der Waals surface area contributed by atoms with Crippen LogP contribution >= 0.6 is 0 Å². The minimum absolute atomic E-state index is 0.107. The van der Waals surface area contributed by atoms with Gasteiger partial charge in [0.05, 0.1) is 0 Å². The van der Waals surface area contributed by atoms with Crippen molar-refractivity contribution < 1.29 is 19.5 Å². The first kappa shape index (κ1) is 11.3. The highest BCUT2D eigenvalue weighted by molar-refractivity contribution is 6.08. The molecule has 1 aliphatic rings. The van der Waals surface area contributed by atoms with Gasteiger partial charge in [0, 0.05) is 12.0 Å². The third kappa shape index (κ3) is 2.04. The highest BCUT2D eigenvalue weighted by Crippen LogP contribution is 2.21. The van der Waals surface area contributed by atoms with Gasteiger partial charge in [-0.25, -0.2) is 4.79 Å². The van der Waals surface area contributed by atoms with E-state index in [0.717, 1.165) is 4.90 Å². The van der Waals surface area contributed by atoms with Gasteiger partial charge >= 0.3 is 5.97 Å². The third-order valence-electron chi connectivity index (χ3n) is 2.74. The lowest BCUT2D eigenvalue weighted by atomic mass is 10.1. The topological polar surface area (TPSA) is 74.7 Å². The van der Waals surface area contributed by atoms with Gasteiger partial charge in [0.15, 0.2) is 0 Å². The zero-order valence-corrected chi connectivity index (χ0v) is 9.00. The van der Waals surface area contributed by atoms with Gasteiger partial charge in [0.25, 0.3) is 5.91 Å². The van der Waals surface area contributed by atoms with Gasteiger partial charge in [0.2, 0.25) is 5.91 Å². The summed E-state index contributed by atoms with van der Waals surface area (Å²) in [7, 11) is 0. The van der Waals surface area contributed by atoms with Crippen LogP contribution < -0.4 is 0 Å². The molecule has 0 radical (unpaired) electrons. The predicted octanol–water partition coefficient (Wildman–Crippen LogP) is 0.902. The summed E-state index contributed by atoms with van der Waals surface area (Å²) >= 11 is 0. The largest absolute Gasteiger partial charge is 0.480 e. The summed E-state index contributed by atoms with van der Waals surface area (Å²) in [6.07, 6.45) is 0.294. The molecule has 88 valence electrons. The molecule has 1 aromatic carbocycles. The number of hydrogen-bond donors (Lipinski definition) is 1. The van der Waals surface area contributed by atoms with Crippen LogP contribution in [0.15, 0.2) is 30.3 Å². The molecule has 5 heteroatoms. The summed E-state index contributed by atoms with van der Waals surface area (Å²) in [5, 5.41) is 8.95. The lowest BCUT2D eigenvalue weighted by Gasteiger charge is -2.19. The number of aliphatic carboxylic acids is 1. The lowest BCUT2D eigenvalue weighted by molar-refractivity contribution is -0.144. The highest BCUT2D eigenvalue weighted by Gasteiger charge is 2.40. The predicted molar refractivity (Wildman–Crippen MR) is 58.3 cm³/mol. The number of hydrogen-bond acceptors (Lipinski definition) is 3. The molecule has 1 fully saturated rings. The molecule has 0 saturated carbocycles. The van der Waals surface area contributed by atoms with Crippen molar-refractivity contribution in [1.82, 2.24) is 4.90 Å². The minimum Gasteiger partial charge on any atom is -0.480 e. The summed E-state index contributed by atoms with van der Waals surface area (Å²) in [5.41, 5.74) is 0.328. The Hall–Kier alpha value is -2.17. The number of rotatable bonds is 2. The molecule has 0 aliphatic carbocycles. The number of carboxylic acids is 1. The van der Waals surface area contributed by atoms with Gasteiger partial charge in [0.1, 0.15) is 6.04 Å². The van der Waals surface area contributed by atoms with Crippen LogP contribution in [0.1, 0.15) is 23.2 Å². The van der Waals surface area contributed by atoms with Crippen molar-refractivity contribution in [3.05, 3.63) is 35.9 Å². The van der Waals surface area contributed by atoms with Crippen LogP contribution in [0.25, 0.3) is 0 Å². The van der Waals surface area contributed by atoms with Crippen molar-refractivity contribution in [2.75, 3.05) is 0 Å². The fraction of sp³-hybridized carbons (Fsp3) is 0.250. The number of benzene rings is 1. The van der Waals surface area contributed by atoms with Gasteiger partial charge in [-0.2, -0.15) is 0 Å². The molecule has 1 aromatic rings. The van der Waals surface area contributed by atoms with Crippen LogP contribution in [0.2, 0.25) is 0 Å². The van der Waals surface area contributed by atoms with Crippen molar-refractivity contribution in [1.29, 1.82) is 0 Å². The molecule has 1 aliphatic heterocycles. The van der Waals surface area contributed by atoms with Crippen LogP contribution in [-0.4, -0.2) is 33.8 Å². The van der Waals surface area contributed by atoms with E-state index in [-0.39, 0.29) is 12.8 Å². The first-order chi connectivity index (χ1) is 8.11. The van der Waals surface area contributed by atoms with Gasteiger partial charge in [-0.05, 0) is 18.6 Å². The number of carboxylic acid groups (broad SMARTS) is 1. The Bertz CT molecular complexity index is 469. The van der Waals surface area contributed by atoms with E-state index in [4.69, 9.17) is 5.11 Å². The summed E-state index contributed by atoms with van der Waals surface area (Å²) in [4.78, 5) is 35.4. The van der Waals surface area contributed by atoms with Gasteiger partial charge in [-0.1, -0.05) is 18.2 Å². The molecular weight excluding hydrogens is 222 g/mol. The smallest absolute Gasteiger partial charge is 0.326 e. The van der Waals surface area contributed by atoms with E-state index in [1.54, 1.807) is 30.3 Å². The van der Waals surface area contributed by atoms with E-state index in [1.807, 2.05) is 0 Å². The second-order valence-electron chi connectivity index (χ2n) is 3.83. The fourth-order valence-electron chi connectivity index (χ4n) is 1.89. The van der Waals surface area contributed by atoms with Crippen molar-refractivity contribution in [2.45, 2.75) is 18.9 Å². The van der Waals surface area contributed by atoms with E-state index in [0.29, 0.717) is 5.56 Å². The average molecular weight is 233 g/mol. The van der Waals surface area contributed by atoms with E-state index in [2.05, 4.69) is 0 Å². The van der Waals surface area contributed by atoms with Gasteiger partial charge < -0.3 is 5.11 Å². The van der Waals surface area contributed by atoms with Crippen molar-refractivity contribution in [3.8, 4) is 0 Å². The number of nitrogens with zero attached hydrogens (tertiary/aromatic N) is 1. The third-order valence-corrected chi connectivity index (χ3v) is 2.74. The molecular formula is C12H11NO4. The van der Waals surface area contributed by atoms with Crippen LogP contribution in [0.3, 0.4) is 0 Å². The molecule has 0 aromatic heterocycles. The van der Waals surface area contributed by atoms with Crippen molar-refractivity contribution in [3.63, 3.8) is 0 Å². The van der Waals surface area contributed by atoms with E-state index < -0.39 is 23.8 Å². The molecule has 1 atom stereocenters. The Morgan fingerprint density at radius 1 is 1.24 bits per heavy atom. The van der Waals surface area contributed by atoms with Crippen molar-refractivity contribution >= 4 is 17.8 Å². The molecule has 17 heavy (non-hydrogen) atoms. The van der Waals surface area contributed by atoms with E-state index in [1.165, 1.54) is 0 Å². The molecule has 2 amide bonds. The molecule has 1 unspecified atom stereocenters. The number of carbonyl (C=O) groups excluding carboxylic acids is 2. The molecule has 1 heterocycles. The van der Waals surface area contributed by atoms with Crippen molar-refractivity contribution in [2.24, 2.45) is 0 Å². The average Bonchev–Trinajstić information content (AvgIpc) is 2.71. The monoisotopic (exact) mass is 233 g/mol. The summed E-state index contributed by atoms with van der Waals surface area (Å²) < 4.78 is 0. The first-order valence-electron chi connectivity index (χ1n) is 5.25. The normalized spacial score (nSPS) is 19.4. The molecule has 2 rings (SSSR count). The Morgan fingerprint density at radius 3 is 2.47 bits per heavy atom. The fourth-order valence-corrected chi connectivity index (χ4v) is 1.89. The maximum absolute atomic E-state index is 12.0. The van der Waals surface area contributed by atoms with Crippen LogP contribution in [0, 0.1) is 0 Å². The van der Waals surface area contributed by atoms with E-state index >= 15 is 0 Å². The SMILES string of the molecule is O=C(O)C1CCC(=O)N1C(=O)c1ccccc1. The minimum atomic E-state index is -1.14. The standard InChI is InChI=1S/C12H11NO4/c14-10-7-6-9(12(16)17)13(10)11(15)8-4-2-1-3-5-8/h1-5,9H,6-7H2,(H,16,17). The van der Waals surface area contributed by atoms with Crippen LogP contribution in [0.5, 0.6) is 0 Å². The first-order valence-corrected chi connectivity index (χ1v) is 5.25. The van der Waals surface area contributed by atoms with Crippen LogP contribution in [-0.2, 0) is 9.59 Å². The molecule has 5 nitrogen and oxygen atoms in total. The zero-order chi connectivity index (χ0) is 12.4. The second-order valence-corrected chi connectivity index (χ2v) is 3.83. The maximum Gasteiger partial charge on any atom is 0.326 e. The summed E-state index contributed by atoms with van der Waals surface area (Å²) in [5.74, 6) is -2.10. The Balaban J connectivity index is 2.29. The number of carbonyl (C=O) groups is 3. The van der Waals surface area contributed by atoms with Crippen LogP contribution in [0.4, 0.5) is 0 Å². The second kappa shape index (κ2) is 4.37. The Morgan fingerprint density at radius 2 is 1.88 bits per heavy atom. The Kier molecular flexibility index (Phi) is 2.91. The van der Waals surface area contributed by atoms with Gasteiger partial charge in [-0.15, -0.1) is 0 Å². The number of imide groups is 1. The Labute approximate surface area is 97.7 Å². The van der Waals surface area contributed by atoms with E-state index in [9.17, 15) is 14.4 Å². The summed E-state index contributed by atoms with van der Waals surface area (Å²) in [6.45, 7) is 0. The molecule has 1 N–H and O–H groups in total. The number of likely N-dealkylation sites (tertiary alicyclic amines) is 1. The lowest BCUT2D eigenvalue weighted by Crippen LogP contribution is -2.42. The molecule has 1 saturated heterocycles. The summed E-state index contributed by atoms with van der Waals surface area (Å²) in [6, 6.07) is 7.18. The number of amides is 2. The molecule has 0 bridgehead atoms.